The molecule has 0 spiro atoms. The monoisotopic (exact) mass is 255 g/mol. The number of halogens is 1. The maximum absolute atomic E-state index is 8.71. The van der Waals surface area contributed by atoms with E-state index in [4.69, 9.17) is 9.78 Å². The summed E-state index contributed by atoms with van der Waals surface area (Å²) >= 11 is 3.34. The van der Waals surface area contributed by atoms with E-state index in [1.165, 1.54) is 0 Å². The lowest BCUT2D eigenvalue weighted by molar-refractivity contribution is 0.348. The highest BCUT2D eigenvalue weighted by atomic mass is 79.9. The lowest BCUT2D eigenvalue weighted by Crippen LogP contribution is -2.13. The van der Waals surface area contributed by atoms with Gasteiger partial charge in [-0.3, -0.25) is 0 Å². The Labute approximate surface area is 90.6 Å². The van der Waals surface area contributed by atoms with Crippen LogP contribution in [0.1, 0.15) is 23.8 Å². The highest BCUT2D eigenvalue weighted by molar-refractivity contribution is 9.10. The quantitative estimate of drug-likeness (QED) is 0.767. The van der Waals surface area contributed by atoms with Crippen molar-refractivity contribution in [2.75, 3.05) is 20.1 Å². The summed E-state index contributed by atoms with van der Waals surface area (Å²) < 4.78 is 5.90. The highest BCUT2D eigenvalue weighted by Crippen LogP contribution is 2.33. The molecule has 5 heteroatoms. The zero-order valence-corrected chi connectivity index (χ0v) is 9.41. The topological polar surface area (TPSA) is 53.1 Å². The predicted molar refractivity (Wildman–Crippen MR) is 53.8 cm³/mol. The van der Waals surface area contributed by atoms with Gasteiger partial charge in [-0.25, -0.2) is 0 Å². The molecule has 1 unspecified atom stereocenters. The Morgan fingerprint density at radius 1 is 1.71 bits per heavy atom. The van der Waals surface area contributed by atoms with Gasteiger partial charge in [-0.15, -0.1) is 0 Å². The summed E-state index contributed by atoms with van der Waals surface area (Å²) in [4.78, 5) is 2.24. The van der Waals surface area contributed by atoms with E-state index in [0.29, 0.717) is 11.6 Å². The number of hydrogen-bond acceptors (Lipinski definition) is 4. The number of rotatable bonds is 1. The molecular weight excluding hydrogens is 246 g/mol. The molecule has 74 valence electrons. The molecule has 0 radical (unpaired) electrons. The summed E-state index contributed by atoms with van der Waals surface area (Å²) in [5.74, 6) is 1.18. The molecular formula is C9H10BrN3O. The molecule has 0 bridgehead atoms. The number of nitrogens with zero attached hydrogens (tertiary/aromatic N) is 3. The second kappa shape index (κ2) is 3.71. The molecule has 0 aromatic carbocycles. The summed E-state index contributed by atoms with van der Waals surface area (Å²) in [7, 11) is 2.08. The van der Waals surface area contributed by atoms with Crippen LogP contribution < -0.4 is 0 Å². The third-order valence-corrected chi connectivity index (χ3v) is 3.29. The van der Waals surface area contributed by atoms with Crippen LogP contribution in [0.25, 0.3) is 0 Å². The first-order chi connectivity index (χ1) is 6.72. The van der Waals surface area contributed by atoms with Crippen molar-refractivity contribution >= 4 is 15.9 Å². The van der Waals surface area contributed by atoms with Crippen LogP contribution in [-0.2, 0) is 0 Å². The number of likely N-dealkylation sites (N-methyl/N-ethyl adjacent to an activating group) is 1. The number of likely N-dealkylation sites (tertiary alicyclic amines) is 1. The molecule has 1 aliphatic heterocycles. The van der Waals surface area contributed by atoms with Crippen molar-refractivity contribution in [2.24, 2.45) is 0 Å². The van der Waals surface area contributed by atoms with E-state index in [-0.39, 0.29) is 0 Å². The average Bonchev–Trinajstić information content (AvgIpc) is 2.72. The Morgan fingerprint density at radius 2 is 2.50 bits per heavy atom. The van der Waals surface area contributed by atoms with Crippen molar-refractivity contribution in [3.05, 3.63) is 15.9 Å². The molecule has 0 saturated carbocycles. The largest absolute Gasteiger partial charge is 0.358 e. The van der Waals surface area contributed by atoms with Crippen molar-refractivity contribution in [1.29, 1.82) is 5.26 Å². The summed E-state index contributed by atoms with van der Waals surface area (Å²) in [6.45, 7) is 2.04. The molecule has 4 nitrogen and oxygen atoms in total. The maximum Gasteiger partial charge on any atom is 0.197 e. The van der Waals surface area contributed by atoms with E-state index in [0.717, 1.165) is 29.7 Å². The Kier molecular flexibility index (Phi) is 2.57. The number of hydrogen-bond donors (Lipinski definition) is 0. The lowest BCUT2D eigenvalue weighted by Gasteiger charge is -2.06. The highest BCUT2D eigenvalue weighted by Gasteiger charge is 2.28. The molecule has 0 amide bonds. The molecule has 0 N–H and O–H groups in total. The van der Waals surface area contributed by atoms with E-state index >= 15 is 0 Å². The van der Waals surface area contributed by atoms with Crippen LogP contribution in [0.15, 0.2) is 9.00 Å². The first-order valence-electron chi connectivity index (χ1n) is 4.46. The predicted octanol–water partition coefficient (Wildman–Crippen LogP) is 1.73. The van der Waals surface area contributed by atoms with Crippen LogP contribution in [0.5, 0.6) is 0 Å². The first-order valence-corrected chi connectivity index (χ1v) is 5.25. The number of aromatic nitrogens is 1. The molecule has 1 fully saturated rings. The Hall–Kier alpha value is -0.860. The summed E-state index contributed by atoms with van der Waals surface area (Å²) in [6.07, 6.45) is 1.06. The van der Waals surface area contributed by atoms with Gasteiger partial charge in [-0.1, -0.05) is 5.16 Å². The van der Waals surface area contributed by atoms with Crippen molar-refractivity contribution < 1.29 is 4.52 Å². The second-order valence-corrected chi connectivity index (χ2v) is 4.36. The Balaban J connectivity index is 2.25. The minimum absolute atomic E-state index is 0.342. The summed E-state index contributed by atoms with van der Waals surface area (Å²) in [6, 6.07) is 1.98. The lowest BCUT2D eigenvalue weighted by atomic mass is 10.1. The molecule has 2 rings (SSSR count). The molecule has 14 heavy (non-hydrogen) atoms. The van der Waals surface area contributed by atoms with Gasteiger partial charge in [0.1, 0.15) is 6.07 Å². The van der Waals surface area contributed by atoms with Gasteiger partial charge in [0.05, 0.1) is 4.47 Å². The summed E-state index contributed by atoms with van der Waals surface area (Å²) in [5, 5.41) is 12.4. The summed E-state index contributed by atoms with van der Waals surface area (Å²) in [5.41, 5.74) is 0.342. The molecule has 0 aliphatic carbocycles. The Morgan fingerprint density at radius 3 is 3.00 bits per heavy atom. The van der Waals surface area contributed by atoms with Crippen LogP contribution in [-0.4, -0.2) is 30.2 Å². The van der Waals surface area contributed by atoms with E-state index in [1.807, 2.05) is 6.07 Å². The van der Waals surface area contributed by atoms with Gasteiger partial charge >= 0.3 is 0 Å². The maximum atomic E-state index is 8.71. The molecule has 2 heterocycles. The van der Waals surface area contributed by atoms with Gasteiger partial charge in [0.15, 0.2) is 11.5 Å². The van der Waals surface area contributed by atoms with Crippen LogP contribution in [0.2, 0.25) is 0 Å². The van der Waals surface area contributed by atoms with Crippen LogP contribution >= 0.6 is 15.9 Å². The normalized spacial score (nSPS) is 22.5. The van der Waals surface area contributed by atoms with E-state index < -0.39 is 0 Å². The zero-order chi connectivity index (χ0) is 10.1. The van der Waals surface area contributed by atoms with E-state index in [9.17, 15) is 0 Å². The standard InChI is InChI=1S/C9H10BrN3O/c1-13-3-2-6(5-13)9-8(10)7(4-11)12-14-9/h6H,2-3,5H2,1H3. The fourth-order valence-electron chi connectivity index (χ4n) is 1.76. The minimum Gasteiger partial charge on any atom is -0.358 e. The Bertz CT molecular complexity index is 382. The average molecular weight is 256 g/mol. The second-order valence-electron chi connectivity index (χ2n) is 3.57. The van der Waals surface area contributed by atoms with Gasteiger partial charge in [0, 0.05) is 12.5 Å². The van der Waals surface area contributed by atoms with Crippen molar-refractivity contribution in [1.82, 2.24) is 10.1 Å². The minimum atomic E-state index is 0.342. The fourth-order valence-corrected chi connectivity index (χ4v) is 2.32. The van der Waals surface area contributed by atoms with Crippen LogP contribution in [0, 0.1) is 11.3 Å². The smallest absolute Gasteiger partial charge is 0.197 e. The molecule has 1 aromatic rings. The molecule has 1 aromatic heterocycles. The van der Waals surface area contributed by atoms with Gasteiger partial charge in [0.25, 0.3) is 0 Å². The first kappa shape index (κ1) is 9.69. The third-order valence-electron chi connectivity index (χ3n) is 2.53. The van der Waals surface area contributed by atoms with Crippen molar-refractivity contribution in [3.63, 3.8) is 0 Å². The number of nitriles is 1. The fraction of sp³-hybridized carbons (Fsp3) is 0.556. The van der Waals surface area contributed by atoms with Crippen molar-refractivity contribution in [3.8, 4) is 6.07 Å². The van der Waals surface area contributed by atoms with Gasteiger partial charge in [-0.05, 0) is 35.9 Å². The zero-order valence-electron chi connectivity index (χ0n) is 7.83. The van der Waals surface area contributed by atoms with Gasteiger partial charge in [0.2, 0.25) is 0 Å². The SMILES string of the molecule is CN1CCC(c2onc(C#N)c2Br)C1. The van der Waals surface area contributed by atoms with Crippen molar-refractivity contribution in [2.45, 2.75) is 12.3 Å². The third kappa shape index (κ3) is 1.56. The van der Waals surface area contributed by atoms with Gasteiger partial charge in [-0.2, -0.15) is 5.26 Å². The van der Waals surface area contributed by atoms with Gasteiger partial charge < -0.3 is 9.42 Å². The molecule has 1 atom stereocenters. The molecule has 1 saturated heterocycles. The van der Waals surface area contributed by atoms with Crippen LogP contribution in [0.4, 0.5) is 0 Å². The van der Waals surface area contributed by atoms with E-state index in [2.05, 4.69) is 33.0 Å². The van der Waals surface area contributed by atoms with E-state index in [1.54, 1.807) is 0 Å². The van der Waals surface area contributed by atoms with Crippen LogP contribution in [0.3, 0.4) is 0 Å². The molecule has 1 aliphatic rings.